The summed E-state index contributed by atoms with van der Waals surface area (Å²) < 4.78 is 26.6. The first kappa shape index (κ1) is 15.4. The zero-order chi connectivity index (χ0) is 15.8. The highest BCUT2D eigenvalue weighted by molar-refractivity contribution is 7.88. The summed E-state index contributed by atoms with van der Waals surface area (Å²) >= 11 is 0. The highest BCUT2D eigenvalue weighted by atomic mass is 32.2. The molecule has 22 heavy (non-hydrogen) atoms. The summed E-state index contributed by atoms with van der Waals surface area (Å²) in [5.41, 5.74) is 0.650. The molecular weight excluding hydrogens is 306 g/mol. The average molecular weight is 325 g/mol. The molecule has 1 N–H and O–H groups in total. The van der Waals surface area contributed by atoms with Gasteiger partial charge in [-0.2, -0.15) is 0 Å². The molecule has 2 heterocycles. The molecule has 1 aromatic rings. The van der Waals surface area contributed by atoms with E-state index in [0.717, 1.165) is 25.9 Å². The number of nitrogens with zero attached hydrogens (tertiary/aromatic N) is 2. The highest BCUT2D eigenvalue weighted by Gasteiger charge is 2.43. The molecule has 1 unspecified atom stereocenters. The van der Waals surface area contributed by atoms with Gasteiger partial charge in [0.2, 0.25) is 10.0 Å². The average Bonchev–Trinajstić information content (AvgIpc) is 3.10. The SMILES string of the molecule is O=[N+]([O-])c1ccc(CS(=O)(=O)N2CCC3(CCNC3)C2)cc1. The molecule has 1 spiro atoms. The van der Waals surface area contributed by atoms with E-state index in [1.54, 1.807) is 4.31 Å². The number of nitro groups is 1. The second-order valence-electron chi connectivity index (χ2n) is 6.19. The molecule has 0 aromatic heterocycles. The second-order valence-corrected chi connectivity index (χ2v) is 8.16. The summed E-state index contributed by atoms with van der Waals surface area (Å²) in [6.07, 6.45) is 1.93. The molecule has 8 heteroatoms. The molecule has 3 rings (SSSR count). The minimum absolute atomic E-state index is 0.0293. The molecule has 2 saturated heterocycles. The molecular formula is C14H19N3O4S. The van der Waals surface area contributed by atoms with Crippen molar-refractivity contribution in [1.29, 1.82) is 0 Å². The summed E-state index contributed by atoms with van der Waals surface area (Å²) in [6.45, 7) is 2.99. The molecule has 120 valence electrons. The monoisotopic (exact) mass is 325 g/mol. The lowest BCUT2D eigenvalue weighted by Gasteiger charge is -2.22. The van der Waals surface area contributed by atoms with Crippen LogP contribution in [0.2, 0.25) is 0 Å². The molecule has 1 aromatic carbocycles. The van der Waals surface area contributed by atoms with E-state index >= 15 is 0 Å². The third-order valence-corrected chi connectivity index (χ3v) is 6.42. The number of sulfonamides is 1. The smallest absolute Gasteiger partial charge is 0.269 e. The van der Waals surface area contributed by atoms with Crippen LogP contribution in [-0.2, 0) is 15.8 Å². The highest BCUT2D eigenvalue weighted by Crippen LogP contribution is 2.37. The van der Waals surface area contributed by atoms with Gasteiger partial charge in [-0.25, -0.2) is 12.7 Å². The fraction of sp³-hybridized carbons (Fsp3) is 0.571. The van der Waals surface area contributed by atoms with Crippen LogP contribution in [0.3, 0.4) is 0 Å². The third-order valence-electron chi connectivity index (χ3n) is 4.63. The van der Waals surface area contributed by atoms with Crippen molar-refractivity contribution in [2.24, 2.45) is 5.41 Å². The Morgan fingerprint density at radius 3 is 2.59 bits per heavy atom. The molecule has 2 aliphatic rings. The van der Waals surface area contributed by atoms with Gasteiger partial charge < -0.3 is 5.32 Å². The second kappa shape index (κ2) is 5.60. The maximum Gasteiger partial charge on any atom is 0.269 e. The zero-order valence-corrected chi connectivity index (χ0v) is 13.0. The van der Waals surface area contributed by atoms with Gasteiger partial charge in [0, 0.05) is 31.8 Å². The van der Waals surface area contributed by atoms with Crippen LogP contribution in [0.4, 0.5) is 5.69 Å². The first-order valence-corrected chi connectivity index (χ1v) is 8.93. The first-order chi connectivity index (χ1) is 10.4. The molecule has 0 aliphatic carbocycles. The van der Waals surface area contributed by atoms with Crippen molar-refractivity contribution in [1.82, 2.24) is 9.62 Å². The van der Waals surface area contributed by atoms with E-state index in [0.29, 0.717) is 18.7 Å². The quantitative estimate of drug-likeness (QED) is 0.661. The number of nitrogens with one attached hydrogen (secondary N) is 1. The molecule has 2 aliphatic heterocycles. The maximum absolute atomic E-state index is 12.5. The minimum atomic E-state index is -3.37. The number of hydrogen-bond acceptors (Lipinski definition) is 5. The number of non-ortho nitro benzene ring substituents is 1. The van der Waals surface area contributed by atoms with Gasteiger partial charge >= 0.3 is 0 Å². The van der Waals surface area contributed by atoms with Crippen LogP contribution in [0, 0.1) is 15.5 Å². The van der Waals surface area contributed by atoms with Crippen molar-refractivity contribution in [2.75, 3.05) is 26.2 Å². The molecule has 0 radical (unpaired) electrons. The first-order valence-electron chi connectivity index (χ1n) is 7.32. The van der Waals surface area contributed by atoms with E-state index in [4.69, 9.17) is 0 Å². The summed E-state index contributed by atoms with van der Waals surface area (Å²) in [5.74, 6) is -0.103. The number of hydrogen-bond donors (Lipinski definition) is 1. The summed E-state index contributed by atoms with van der Waals surface area (Å²) in [5, 5.41) is 13.9. The van der Waals surface area contributed by atoms with Crippen molar-refractivity contribution in [3.05, 3.63) is 39.9 Å². The predicted octanol–water partition coefficient (Wildman–Crippen LogP) is 1.11. The van der Waals surface area contributed by atoms with Crippen LogP contribution in [0.1, 0.15) is 18.4 Å². The largest absolute Gasteiger partial charge is 0.316 e. The van der Waals surface area contributed by atoms with E-state index in [-0.39, 0.29) is 16.9 Å². The van der Waals surface area contributed by atoms with E-state index in [9.17, 15) is 18.5 Å². The van der Waals surface area contributed by atoms with Gasteiger partial charge in [0.15, 0.2) is 0 Å². The van der Waals surface area contributed by atoms with E-state index in [1.807, 2.05) is 0 Å². The standard InChI is InChI=1S/C14H19N3O4S/c18-17(19)13-3-1-12(2-4-13)9-22(20,21)16-8-6-14(11-16)5-7-15-10-14/h1-4,15H,5-11H2. The number of rotatable bonds is 4. The Labute approximate surface area is 129 Å². The fourth-order valence-electron chi connectivity index (χ4n) is 3.29. The molecule has 0 saturated carbocycles. The van der Waals surface area contributed by atoms with Crippen LogP contribution in [-0.4, -0.2) is 43.8 Å². The van der Waals surface area contributed by atoms with Crippen LogP contribution < -0.4 is 5.32 Å². The molecule has 0 amide bonds. The van der Waals surface area contributed by atoms with Crippen molar-refractivity contribution >= 4 is 15.7 Å². The number of nitro benzene ring substituents is 1. The summed E-state index contributed by atoms with van der Waals surface area (Å²) in [7, 11) is -3.37. The van der Waals surface area contributed by atoms with Crippen LogP contribution in [0.5, 0.6) is 0 Å². The van der Waals surface area contributed by atoms with Gasteiger partial charge in [0.25, 0.3) is 5.69 Å². The van der Waals surface area contributed by atoms with Gasteiger partial charge in [-0.05, 0) is 30.4 Å². The lowest BCUT2D eigenvalue weighted by molar-refractivity contribution is -0.384. The van der Waals surface area contributed by atoms with E-state index < -0.39 is 14.9 Å². The molecule has 1 atom stereocenters. The van der Waals surface area contributed by atoms with Crippen LogP contribution in [0.25, 0.3) is 0 Å². The van der Waals surface area contributed by atoms with E-state index in [1.165, 1.54) is 24.3 Å². The Bertz CT molecular complexity index is 666. The fourth-order valence-corrected chi connectivity index (χ4v) is 4.93. The van der Waals surface area contributed by atoms with Gasteiger partial charge in [-0.3, -0.25) is 10.1 Å². The van der Waals surface area contributed by atoms with Crippen molar-refractivity contribution in [3.63, 3.8) is 0 Å². The van der Waals surface area contributed by atoms with Crippen LogP contribution >= 0.6 is 0 Å². The summed E-state index contributed by atoms with van der Waals surface area (Å²) in [4.78, 5) is 10.1. The van der Waals surface area contributed by atoms with Gasteiger partial charge in [-0.15, -0.1) is 0 Å². The van der Waals surface area contributed by atoms with Crippen molar-refractivity contribution in [3.8, 4) is 0 Å². The predicted molar refractivity (Wildman–Crippen MR) is 81.8 cm³/mol. The van der Waals surface area contributed by atoms with Gasteiger partial charge in [0.1, 0.15) is 0 Å². The Balaban J connectivity index is 1.70. The Morgan fingerprint density at radius 1 is 1.27 bits per heavy atom. The van der Waals surface area contributed by atoms with Gasteiger partial charge in [0.05, 0.1) is 10.7 Å². The topological polar surface area (TPSA) is 92.5 Å². The molecule has 2 fully saturated rings. The zero-order valence-electron chi connectivity index (χ0n) is 12.2. The third kappa shape index (κ3) is 2.99. The van der Waals surface area contributed by atoms with Crippen molar-refractivity contribution in [2.45, 2.75) is 18.6 Å². The number of benzene rings is 1. The Morgan fingerprint density at radius 2 is 2.00 bits per heavy atom. The van der Waals surface area contributed by atoms with Crippen LogP contribution in [0.15, 0.2) is 24.3 Å². The lowest BCUT2D eigenvalue weighted by atomic mass is 9.87. The minimum Gasteiger partial charge on any atom is -0.316 e. The Kier molecular flexibility index (Phi) is 3.92. The molecule has 0 bridgehead atoms. The molecule has 7 nitrogen and oxygen atoms in total. The normalized spacial score (nSPS) is 25.8. The maximum atomic E-state index is 12.5. The summed E-state index contributed by atoms with van der Waals surface area (Å²) in [6, 6.07) is 5.71. The van der Waals surface area contributed by atoms with Crippen molar-refractivity contribution < 1.29 is 13.3 Å². The Hall–Kier alpha value is -1.51. The van der Waals surface area contributed by atoms with E-state index in [2.05, 4.69) is 5.32 Å². The van der Waals surface area contributed by atoms with Gasteiger partial charge in [-0.1, -0.05) is 12.1 Å². The lowest BCUT2D eigenvalue weighted by Crippen LogP contribution is -2.34.